The summed E-state index contributed by atoms with van der Waals surface area (Å²) in [4.78, 5) is 30.3. The van der Waals surface area contributed by atoms with Crippen LogP contribution in [0.2, 0.25) is 0 Å². The number of aromatic amines is 2. The van der Waals surface area contributed by atoms with Gasteiger partial charge in [-0.25, -0.2) is 4.79 Å². The van der Waals surface area contributed by atoms with Crippen LogP contribution >= 0.6 is 11.3 Å². The second-order valence-electron chi connectivity index (χ2n) is 6.42. The molecule has 23 heavy (non-hydrogen) atoms. The third-order valence-electron chi connectivity index (χ3n) is 4.44. The fraction of sp³-hybridized carbons (Fsp3) is 0.529. The van der Waals surface area contributed by atoms with Gasteiger partial charge in [0.25, 0.3) is 5.56 Å². The summed E-state index contributed by atoms with van der Waals surface area (Å²) in [6.45, 7) is 2.48. The topological polar surface area (TPSA) is 69.0 Å². The number of nitrogens with one attached hydrogen (secondary N) is 2. The van der Waals surface area contributed by atoms with Gasteiger partial charge in [0.05, 0.1) is 0 Å². The SMILES string of the molecule is O=c1cc(CN(Cc2ccsc2)CC2CCCCC2)[nH]c(=O)[nH]1. The first kappa shape index (κ1) is 16.2. The minimum atomic E-state index is -0.430. The number of rotatable bonds is 6. The smallest absolute Gasteiger partial charge is 0.310 e. The normalized spacial score (nSPS) is 16.0. The van der Waals surface area contributed by atoms with Gasteiger partial charge in [0, 0.05) is 31.4 Å². The van der Waals surface area contributed by atoms with E-state index in [0.717, 1.165) is 19.0 Å². The fourth-order valence-corrected chi connectivity index (χ4v) is 4.07. The molecule has 1 saturated carbocycles. The van der Waals surface area contributed by atoms with E-state index in [1.165, 1.54) is 43.7 Å². The Bertz CT molecular complexity index is 686. The van der Waals surface area contributed by atoms with Gasteiger partial charge in [-0.1, -0.05) is 19.3 Å². The molecule has 0 amide bonds. The van der Waals surface area contributed by atoms with Crippen molar-refractivity contribution < 1.29 is 0 Å². The van der Waals surface area contributed by atoms with Gasteiger partial charge < -0.3 is 4.98 Å². The van der Waals surface area contributed by atoms with Crippen molar-refractivity contribution in [2.75, 3.05) is 6.54 Å². The van der Waals surface area contributed by atoms with Crippen LogP contribution < -0.4 is 11.2 Å². The summed E-state index contributed by atoms with van der Waals surface area (Å²) in [5.41, 5.74) is 1.21. The van der Waals surface area contributed by atoms with Crippen LogP contribution in [0.5, 0.6) is 0 Å². The number of hydrogen-bond acceptors (Lipinski definition) is 4. The Morgan fingerprint density at radius 1 is 1.13 bits per heavy atom. The summed E-state index contributed by atoms with van der Waals surface area (Å²) in [7, 11) is 0. The van der Waals surface area contributed by atoms with Crippen molar-refractivity contribution in [1.82, 2.24) is 14.9 Å². The van der Waals surface area contributed by atoms with E-state index in [4.69, 9.17) is 0 Å². The zero-order valence-corrected chi connectivity index (χ0v) is 14.0. The molecule has 2 aromatic rings. The molecule has 1 fully saturated rings. The van der Waals surface area contributed by atoms with Gasteiger partial charge in [-0.15, -0.1) is 0 Å². The molecule has 2 aromatic heterocycles. The average molecular weight is 333 g/mol. The van der Waals surface area contributed by atoms with Gasteiger partial charge in [-0.3, -0.25) is 14.7 Å². The molecule has 0 spiro atoms. The number of thiophene rings is 1. The molecule has 0 atom stereocenters. The Kier molecular flexibility index (Phi) is 5.46. The minimum Gasteiger partial charge on any atom is -0.310 e. The minimum absolute atomic E-state index is 0.336. The summed E-state index contributed by atoms with van der Waals surface area (Å²) in [6, 6.07) is 3.63. The van der Waals surface area contributed by atoms with Gasteiger partial charge in [0.2, 0.25) is 0 Å². The van der Waals surface area contributed by atoms with E-state index in [0.29, 0.717) is 12.2 Å². The monoisotopic (exact) mass is 333 g/mol. The third-order valence-corrected chi connectivity index (χ3v) is 5.17. The van der Waals surface area contributed by atoms with Crippen LogP contribution in [0.15, 0.2) is 32.5 Å². The second-order valence-corrected chi connectivity index (χ2v) is 7.20. The lowest BCUT2D eigenvalue weighted by atomic mass is 9.89. The fourth-order valence-electron chi connectivity index (χ4n) is 3.41. The lowest BCUT2D eigenvalue weighted by Gasteiger charge is -2.29. The van der Waals surface area contributed by atoms with Crippen LogP contribution in [0.4, 0.5) is 0 Å². The van der Waals surface area contributed by atoms with Crippen molar-refractivity contribution in [1.29, 1.82) is 0 Å². The molecule has 0 radical (unpaired) electrons. The van der Waals surface area contributed by atoms with E-state index >= 15 is 0 Å². The third kappa shape index (κ3) is 4.91. The number of nitrogens with zero attached hydrogens (tertiary/aromatic N) is 1. The van der Waals surface area contributed by atoms with Gasteiger partial charge in [0.15, 0.2) is 0 Å². The van der Waals surface area contributed by atoms with Crippen LogP contribution in [0.25, 0.3) is 0 Å². The highest BCUT2D eigenvalue weighted by atomic mass is 32.1. The molecule has 5 nitrogen and oxygen atoms in total. The maximum absolute atomic E-state index is 11.5. The maximum atomic E-state index is 11.5. The van der Waals surface area contributed by atoms with Gasteiger partial charge in [0.1, 0.15) is 0 Å². The Hall–Kier alpha value is -1.66. The Balaban J connectivity index is 1.73. The molecular weight excluding hydrogens is 310 g/mol. The van der Waals surface area contributed by atoms with Crippen molar-refractivity contribution in [2.24, 2.45) is 5.92 Å². The first-order valence-corrected chi connectivity index (χ1v) is 9.19. The van der Waals surface area contributed by atoms with Gasteiger partial charge in [-0.05, 0) is 41.1 Å². The van der Waals surface area contributed by atoms with Crippen molar-refractivity contribution >= 4 is 11.3 Å². The summed E-state index contributed by atoms with van der Waals surface area (Å²) in [5, 5.41) is 4.25. The van der Waals surface area contributed by atoms with Crippen molar-refractivity contribution in [3.8, 4) is 0 Å². The first-order chi connectivity index (χ1) is 11.2. The molecule has 2 heterocycles. The Morgan fingerprint density at radius 3 is 2.65 bits per heavy atom. The number of H-pyrrole nitrogens is 2. The molecule has 3 rings (SSSR count). The second kappa shape index (κ2) is 7.75. The van der Waals surface area contributed by atoms with Crippen molar-refractivity contribution in [2.45, 2.75) is 45.2 Å². The summed E-state index contributed by atoms with van der Waals surface area (Å²) in [5.74, 6) is 0.719. The Labute approximate surface area is 139 Å². The molecule has 2 N–H and O–H groups in total. The Morgan fingerprint density at radius 2 is 1.96 bits per heavy atom. The van der Waals surface area contributed by atoms with Gasteiger partial charge in [-0.2, -0.15) is 11.3 Å². The zero-order chi connectivity index (χ0) is 16.1. The molecule has 124 valence electrons. The molecule has 0 aromatic carbocycles. The first-order valence-electron chi connectivity index (χ1n) is 8.25. The summed E-state index contributed by atoms with van der Waals surface area (Å²) in [6.07, 6.45) is 6.55. The molecule has 0 saturated heterocycles. The summed E-state index contributed by atoms with van der Waals surface area (Å²) >= 11 is 1.70. The summed E-state index contributed by atoms with van der Waals surface area (Å²) < 4.78 is 0. The highest BCUT2D eigenvalue weighted by molar-refractivity contribution is 7.07. The predicted octanol–water partition coefficient (Wildman–Crippen LogP) is 2.71. The highest BCUT2D eigenvalue weighted by Crippen LogP contribution is 2.25. The largest absolute Gasteiger partial charge is 0.325 e. The van der Waals surface area contributed by atoms with E-state index in [9.17, 15) is 9.59 Å². The molecule has 6 heteroatoms. The van der Waals surface area contributed by atoms with E-state index in [1.54, 1.807) is 11.3 Å². The molecular formula is C17H23N3O2S. The molecule has 1 aliphatic rings. The number of hydrogen-bond donors (Lipinski definition) is 2. The van der Waals surface area contributed by atoms with Crippen LogP contribution in [-0.2, 0) is 13.1 Å². The van der Waals surface area contributed by atoms with Crippen LogP contribution in [-0.4, -0.2) is 21.4 Å². The maximum Gasteiger partial charge on any atom is 0.325 e. The molecule has 0 bridgehead atoms. The molecule has 0 unspecified atom stereocenters. The standard InChI is InChI=1S/C17H23N3O2S/c21-16-8-15(18-17(22)19-16)11-20(10-14-6-7-23-12-14)9-13-4-2-1-3-5-13/h6-8,12-13H,1-5,9-11H2,(H2,18,19,21,22). The van der Waals surface area contributed by atoms with Crippen molar-refractivity contribution in [3.05, 3.63) is 55.0 Å². The van der Waals surface area contributed by atoms with Gasteiger partial charge >= 0.3 is 5.69 Å². The predicted molar refractivity (Wildman–Crippen MR) is 92.7 cm³/mol. The number of aromatic nitrogens is 2. The molecule has 1 aliphatic carbocycles. The highest BCUT2D eigenvalue weighted by Gasteiger charge is 2.18. The molecule has 0 aliphatic heterocycles. The quantitative estimate of drug-likeness (QED) is 0.854. The van der Waals surface area contributed by atoms with Crippen LogP contribution in [0.1, 0.15) is 43.4 Å². The average Bonchev–Trinajstić information content (AvgIpc) is 3.00. The zero-order valence-electron chi connectivity index (χ0n) is 13.2. The lowest BCUT2D eigenvalue weighted by Crippen LogP contribution is -2.32. The lowest BCUT2D eigenvalue weighted by molar-refractivity contribution is 0.185. The van der Waals surface area contributed by atoms with E-state index in [-0.39, 0.29) is 5.56 Å². The van der Waals surface area contributed by atoms with E-state index in [1.807, 2.05) is 0 Å². The van der Waals surface area contributed by atoms with E-state index in [2.05, 4.69) is 31.7 Å². The van der Waals surface area contributed by atoms with Crippen molar-refractivity contribution in [3.63, 3.8) is 0 Å². The van der Waals surface area contributed by atoms with Crippen LogP contribution in [0.3, 0.4) is 0 Å². The van der Waals surface area contributed by atoms with Crippen LogP contribution in [0, 0.1) is 5.92 Å². The van der Waals surface area contributed by atoms with E-state index < -0.39 is 5.69 Å².